The van der Waals surface area contributed by atoms with E-state index in [0.717, 1.165) is 45.4 Å². The number of thiazole rings is 1. The van der Waals surface area contributed by atoms with Gasteiger partial charge in [-0.2, -0.15) is 5.10 Å². The van der Waals surface area contributed by atoms with Gasteiger partial charge in [0, 0.05) is 27.4 Å². The zero-order valence-corrected chi connectivity index (χ0v) is 19.5. The molecule has 0 aliphatic carbocycles. The fourth-order valence-corrected chi connectivity index (χ4v) is 4.80. The van der Waals surface area contributed by atoms with E-state index >= 15 is 0 Å². The molecule has 0 bridgehead atoms. The highest BCUT2D eigenvalue weighted by atomic mass is 35.5. The lowest BCUT2D eigenvalue weighted by molar-refractivity contribution is 0.414. The standard InChI is InChI=1S/C25H19Cl2N3OS/c1-31-21-12-6-18(7-13-21)24-14-22(16-2-8-19(26)9-3-16)29-30(24)25-28-23(15-32-25)17-4-10-20(27)11-5-17/h2-13,15,24H,14H2,1H3/t24-/m0/s1. The van der Waals surface area contributed by atoms with Crippen molar-refractivity contribution in [2.45, 2.75) is 12.5 Å². The molecular weight excluding hydrogens is 461 g/mol. The van der Waals surface area contributed by atoms with Crippen LogP contribution in [0.25, 0.3) is 11.3 Å². The Kier molecular flexibility index (Phi) is 5.87. The average molecular weight is 480 g/mol. The minimum absolute atomic E-state index is 0.0378. The quantitative estimate of drug-likeness (QED) is 0.297. The first-order valence-corrected chi connectivity index (χ1v) is 11.7. The molecule has 0 saturated carbocycles. The van der Waals surface area contributed by atoms with Gasteiger partial charge in [0.05, 0.1) is 24.6 Å². The second-order valence-corrected chi connectivity index (χ2v) is 9.12. The molecule has 2 heterocycles. The molecule has 0 unspecified atom stereocenters. The van der Waals surface area contributed by atoms with Crippen molar-refractivity contribution in [3.63, 3.8) is 0 Å². The van der Waals surface area contributed by atoms with Crippen LogP contribution in [-0.4, -0.2) is 17.8 Å². The van der Waals surface area contributed by atoms with Gasteiger partial charge in [-0.25, -0.2) is 9.99 Å². The lowest BCUT2D eigenvalue weighted by atomic mass is 9.98. The topological polar surface area (TPSA) is 37.7 Å². The Morgan fingerprint density at radius 3 is 2.12 bits per heavy atom. The number of aromatic nitrogens is 1. The summed E-state index contributed by atoms with van der Waals surface area (Å²) in [6, 6.07) is 23.7. The SMILES string of the molecule is COc1ccc([C@@H]2CC(c3ccc(Cl)cc3)=NN2c2nc(-c3ccc(Cl)cc3)cs2)cc1. The number of methoxy groups -OCH3 is 1. The summed E-state index contributed by atoms with van der Waals surface area (Å²) in [4.78, 5) is 4.89. The van der Waals surface area contributed by atoms with E-state index in [1.165, 1.54) is 0 Å². The van der Waals surface area contributed by atoms with Crippen LogP contribution in [0.2, 0.25) is 10.0 Å². The maximum atomic E-state index is 6.09. The maximum absolute atomic E-state index is 6.09. The van der Waals surface area contributed by atoms with Crippen molar-refractivity contribution in [2.24, 2.45) is 5.10 Å². The molecule has 32 heavy (non-hydrogen) atoms. The Hall–Kier alpha value is -2.86. The molecule has 0 spiro atoms. The van der Waals surface area contributed by atoms with Crippen molar-refractivity contribution >= 4 is 45.4 Å². The molecule has 1 aliphatic rings. The zero-order chi connectivity index (χ0) is 22.1. The van der Waals surface area contributed by atoms with E-state index < -0.39 is 0 Å². The van der Waals surface area contributed by atoms with Gasteiger partial charge in [-0.3, -0.25) is 0 Å². The van der Waals surface area contributed by atoms with Crippen molar-refractivity contribution in [1.82, 2.24) is 4.98 Å². The van der Waals surface area contributed by atoms with Crippen LogP contribution >= 0.6 is 34.5 Å². The Labute approximate surface area is 200 Å². The molecule has 3 aromatic carbocycles. The van der Waals surface area contributed by atoms with E-state index in [4.69, 9.17) is 38.0 Å². The molecule has 1 aromatic heterocycles. The first-order valence-electron chi connectivity index (χ1n) is 10.1. The van der Waals surface area contributed by atoms with Gasteiger partial charge in [0.25, 0.3) is 0 Å². The van der Waals surface area contributed by atoms with Crippen LogP contribution in [-0.2, 0) is 0 Å². The van der Waals surface area contributed by atoms with Crippen LogP contribution in [0.1, 0.15) is 23.6 Å². The number of hydrogen-bond acceptors (Lipinski definition) is 5. The summed E-state index contributed by atoms with van der Waals surface area (Å²) in [5.41, 5.74) is 5.15. The molecule has 0 N–H and O–H groups in total. The third-order valence-electron chi connectivity index (χ3n) is 5.42. The van der Waals surface area contributed by atoms with E-state index in [2.05, 4.69) is 17.5 Å². The lowest BCUT2D eigenvalue weighted by Gasteiger charge is -2.21. The number of benzene rings is 3. The Balaban J connectivity index is 1.52. The largest absolute Gasteiger partial charge is 0.497 e. The van der Waals surface area contributed by atoms with Gasteiger partial charge in [-0.1, -0.05) is 59.6 Å². The van der Waals surface area contributed by atoms with Gasteiger partial charge in [0.2, 0.25) is 5.13 Å². The minimum Gasteiger partial charge on any atom is -0.497 e. The molecule has 5 rings (SSSR count). The monoisotopic (exact) mass is 479 g/mol. The molecule has 0 radical (unpaired) electrons. The Bertz CT molecular complexity index is 1250. The van der Waals surface area contributed by atoms with Crippen LogP contribution in [0.15, 0.2) is 83.3 Å². The van der Waals surface area contributed by atoms with Crippen LogP contribution in [0, 0.1) is 0 Å². The summed E-state index contributed by atoms with van der Waals surface area (Å²) in [5, 5.41) is 11.3. The second kappa shape index (κ2) is 8.94. The summed E-state index contributed by atoms with van der Waals surface area (Å²) in [6.07, 6.45) is 0.768. The highest BCUT2D eigenvalue weighted by Gasteiger charge is 2.31. The second-order valence-electron chi connectivity index (χ2n) is 7.41. The normalized spacial score (nSPS) is 15.7. The van der Waals surface area contributed by atoms with E-state index in [1.54, 1.807) is 18.4 Å². The minimum atomic E-state index is 0.0378. The van der Waals surface area contributed by atoms with E-state index in [-0.39, 0.29) is 6.04 Å². The molecule has 0 saturated heterocycles. The number of hydrazone groups is 1. The van der Waals surface area contributed by atoms with Gasteiger partial charge < -0.3 is 4.74 Å². The van der Waals surface area contributed by atoms with Gasteiger partial charge in [0.1, 0.15) is 5.75 Å². The van der Waals surface area contributed by atoms with Crippen molar-refractivity contribution in [3.8, 4) is 17.0 Å². The number of rotatable bonds is 5. The van der Waals surface area contributed by atoms with Crippen LogP contribution in [0.3, 0.4) is 0 Å². The van der Waals surface area contributed by atoms with Gasteiger partial charge >= 0.3 is 0 Å². The van der Waals surface area contributed by atoms with Crippen molar-refractivity contribution in [1.29, 1.82) is 0 Å². The fraction of sp³-hybridized carbons (Fsp3) is 0.120. The lowest BCUT2D eigenvalue weighted by Crippen LogP contribution is -2.18. The number of nitrogens with zero attached hydrogens (tertiary/aromatic N) is 3. The summed E-state index contributed by atoms with van der Waals surface area (Å²) in [6.45, 7) is 0. The van der Waals surface area contributed by atoms with Gasteiger partial charge in [0.15, 0.2) is 0 Å². The van der Waals surface area contributed by atoms with Crippen LogP contribution < -0.4 is 9.75 Å². The molecule has 0 fully saturated rings. The molecule has 4 nitrogen and oxygen atoms in total. The van der Waals surface area contributed by atoms with Gasteiger partial charge in [-0.05, 0) is 47.5 Å². The molecule has 7 heteroatoms. The first kappa shape index (κ1) is 21.0. The fourth-order valence-electron chi connectivity index (χ4n) is 3.71. The highest BCUT2D eigenvalue weighted by molar-refractivity contribution is 7.14. The first-order chi connectivity index (χ1) is 15.6. The number of halogens is 2. The summed E-state index contributed by atoms with van der Waals surface area (Å²) in [5.74, 6) is 0.830. The molecular formula is C25H19Cl2N3OS. The predicted molar refractivity (Wildman–Crippen MR) is 133 cm³/mol. The molecule has 4 aromatic rings. The highest BCUT2D eigenvalue weighted by Crippen LogP contribution is 2.40. The van der Waals surface area contributed by atoms with Gasteiger partial charge in [-0.15, -0.1) is 11.3 Å². The number of hydrogen-bond donors (Lipinski definition) is 0. The van der Waals surface area contributed by atoms with E-state index in [9.17, 15) is 0 Å². The molecule has 0 amide bonds. The summed E-state index contributed by atoms with van der Waals surface area (Å²) >= 11 is 13.7. The molecule has 1 aliphatic heterocycles. The maximum Gasteiger partial charge on any atom is 0.207 e. The van der Waals surface area contributed by atoms with Crippen molar-refractivity contribution in [3.05, 3.63) is 99.3 Å². The predicted octanol–water partition coefficient (Wildman–Crippen LogP) is 7.48. The summed E-state index contributed by atoms with van der Waals surface area (Å²) < 4.78 is 5.33. The molecule has 1 atom stereocenters. The smallest absolute Gasteiger partial charge is 0.207 e. The van der Waals surface area contributed by atoms with Crippen molar-refractivity contribution < 1.29 is 4.74 Å². The molecule has 160 valence electrons. The third kappa shape index (κ3) is 4.24. The average Bonchev–Trinajstić information content (AvgIpc) is 3.48. The Morgan fingerprint density at radius 1 is 0.875 bits per heavy atom. The van der Waals surface area contributed by atoms with Crippen LogP contribution in [0.4, 0.5) is 5.13 Å². The summed E-state index contributed by atoms with van der Waals surface area (Å²) in [7, 11) is 1.67. The zero-order valence-electron chi connectivity index (χ0n) is 17.2. The number of ether oxygens (including phenoxy) is 1. The van der Waals surface area contributed by atoms with E-state index in [0.29, 0.717) is 10.0 Å². The van der Waals surface area contributed by atoms with Crippen molar-refractivity contribution in [2.75, 3.05) is 12.1 Å². The van der Waals surface area contributed by atoms with Crippen LogP contribution in [0.5, 0.6) is 5.75 Å². The number of anilines is 1. The Morgan fingerprint density at radius 2 is 1.50 bits per heavy atom. The van der Waals surface area contributed by atoms with E-state index in [1.807, 2.05) is 65.7 Å². The third-order valence-corrected chi connectivity index (χ3v) is 6.75.